The van der Waals surface area contributed by atoms with Crippen LogP contribution in [0.5, 0.6) is 11.5 Å². The van der Waals surface area contributed by atoms with E-state index < -0.39 is 5.82 Å². The molecule has 3 aromatic carbocycles. The maximum atomic E-state index is 14.6. The second-order valence-corrected chi connectivity index (χ2v) is 7.68. The molecule has 0 radical (unpaired) electrons. The Labute approximate surface area is 185 Å². The highest BCUT2D eigenvalue weighted by Crippen LogP contribution is 2.40. The van der Waals surface area contributed by atoms with Gasteiger partial charge in [-0.1, -0.05) is 43.0 Å². The smallest absolute Gasteiger partial charge is 0.258 e. The van der Waals surface area contributed by atoms with Crippen molar-refractivity contribution >= 4 is 16.6 Å². The number of hydrogen-bond donors (Lipinski definition) is 0. The summed E-state index contributed by atoms with van der Waals surface area (Å²) in [7, 11) is 1.68. The van der Waals surface area contributed by atoms with Crippen LogP contribution < -0.4 is 10.3 Å². The second-order valence-electron chi connectivity index (χ2n) is 7.68. The van der Waals surface area contributed by atoms with Crippen LogP contribution in [-0.4, -0.2) is 10.4 Å². The summed E-state index contributed by atoms with van der Waals surface area (Å²) in [6.07, 6.45) is 3.10. The van der Waals surface area contributed by atoms with Crippen LogP contribution in [0.1, 0.15) is 11.1 Å². The normalized spacial score (nSPS) is 10.8. The number of carbonyl (C=O) groups is 1. The van der Waals surface area contributed by atoms with E-state index in [1.807, 2.05) is 18.2 Å². The van der Waals surface area contributed by atoms with Crippen molar-refractivity contribution in [3.05, 3.63) is 107 Å². The standard InChI is InChI=1S/C27H22FNO3/c1-4-19(30)15-18-8-7-11-25(32-24-13-12-17(2)14-23(24)28)26(18)22-16-29(3)27(31)21-10-6-5-9-20(21)22/h4-14,16H,1,15H2,2-3H3. The summed E-state index contributed by atoms with van der Waals surface area (Å²) in [5.74, 6) is -0.156. The van der Waals surface area contributed by atoms with Crippen molar-refractivity contribution in [3.8, 4) is 22.6 Å². The summed E-state index contributed by atoms with van der Waals surface area (Å²) >= 11 is 0. The minimum Gasteiger partial charge on any atom is -0.454 e. The number of allylic oxidation sites excluding steroid dienone is 1. The van der Waals surface area contributed by atoms with Crippen molar-refractivity contribution in [1.29, 1.82) is 0 Å². The van der Waals surface area contributed by atoms with E-state index in [2.05, 4.69) is 6.58 Å². The van der Waals surface area contributed by atoms with Gasteiger partial charge in [0.1, 0.15) is 5.75 Å². The van der Waals surface area contributed by atoms with Gasteiger partial charge in [0.15, 0.2) is 17.3 Å². The van der Waals surface area contributed by atoms with E-state index in [9.17, 15) is 14.0 Å². The zero-order valence-corrected chi connectivity index (χ0v) is 17.9. The average molecular weight is 427 g/mol. The summed E-state index contributed by atoms with van der Waals surface area (Å²) < 4.78 is 22.1. The molecule has 0 N–H and O–H groups in total. The number of ketones is 1. The number of benzene rings is 3. The van der Waals surface area contributed by atoms with Crippen LogP contribution in [0.15, 0.2) is 84.3 Å². The topological polar surface area (TPSA) is 48.3 Å². The summed E-state index contributed by atoms with van der Waals surface area (Å²) in [5, 5.41) is 1.27. The van der Waals surface area contributed by atoms with Crippen molar-refractivity contribution in [2.75, 3.05) is 0 Å². The molecule has 0 atom stereocenters. The van der Waals surface area contributed by atoms with Gasteiger partial charge in [-0.2, -0.15) is 0 Å². The predicted octanol–water partition coefficient (Wildman–Crippen LogP) is 5.74. The van der Waals surface area contributed by atoms with Gasteiger partial charge < -0.3 is 9.30 Å². The van der Waals surface area contributed by atoms with E-state index in [-0.39, 0.29) is 23.5 Å². The first-order chi connectivity index (χ1) is 15.4. The van der Waals surface area contributed by atoms with Crippen LogP contribution in [0.2, 0.25) is 0 Å². The summed E-state index contributed by atoms with van der Waals surface area (Å²) in [6, 6.07) is 17.4. The van der Waals surface area contributed by atoms with E-state index in [0.717, 1.165) is 16.5 Å². The molecule has 4 rings (SSSR count). The van der Waals surface area contributed by atoms with E-state index >= 15 is 0 Å². The summed E-state index contributed by atoms with van der Waals surface area (Å²) in [5.41, 5.74) is 2.70. The van der Waals surface area contributed by atoms with Crippen LogP contribution in [0.4, 0.5) is 4.39 Å². The molecule has 0 aliphatic rings. The lowest BCUT2D eigenvalue weighted by Crippen LogP contribution is -2.17. The molecule has 4 aromatic rings. The van der Waals surface area contributed by atoms with Gasteiger partial charge in [-0.25, -0.2) is 4.39 Å². The van der Waals surface area contributed by atoms with Gasteiger partial charge in [-0.15, -0.1) is 0 Å². The molecule has 32 heavy (non-hydrogen) atoms. The number of aromatic nitrogens is 1. The number of hydrogen-bond acceptors (Lipinski definition) is 3. The maximum Gasteiger partial charge on any atom is 0.258 e. The molecule has 4 nitrogen and oxygen atoms in total. The molecule has 1 aromatic heterocycles. The highest BCUT2D eigenvalue weighted by atomic mass is 19.1. The van der Waals surface area contributed by atoms with E-state index in [0.29, 0.717) is 22.3 Å². The second kappa shape index (κ2) is 8.63. The fourth-order valence-corrected chi connectivity index (χ4v) is 3.80. The number of halogens is 1. The minimum atomic E-state index is -0.478. The highest BCUT2D eigenvalue weighted by molar-refractivity contribution is 6.00. The Morgan fingerprint density at radius 1 is 1.06 bits per heavy atom. The van der Waals surface area contributed by atoms with Gasteiger partial charge in [0.2, 0.25) is 0 Å². The van der Waals surface area contributed by atoms with Crippen LogP contribution >= 0.6 is 0 Å². The fraction of sp³-hybridized carbons (Fsp3) is 0.111. The Morgan fingerprint density at radius 2 is 1.81 bits per heavy atom. The van der Waals surface area contributed by atoms with Gasteiger partial charge in [0.05, 0.1) is 0 Å². The number of pyridine rings is 1. The molecule has 0 saturated carbocycles. The SMILES string of the molecule is C=CC(=O)Cc1cccc(Oc2ccc(C)cc2F)c1-c1cn(C)c(=O)c2ccccc12. The quantitative estimate of drug-likeness (QED) is 0.369. The lowest BCUT2D eigenvalue weighted by molar-refractivity contribution is -0.114. The lowest BCUT2D eigenvalue weighted by atomic mass is 9.93. The number of nitrogens with zero attached hydrogens (tertiary/aromatic N) is 1. The predicted molar refractivity (Wildman–Crippen MR) is 125 cm³/mol. The molecular formula is C27H22FNO3. The summed E-state index contributed by atoms with van der Waals surface area (Å²) in [6.45, 7) is 5.37. The lowest BCUT2D eigenvalue weighted by Gasteiger charge is -2.18. The number of aryl methyl sites for hydroxylation is 2. The van der Waals surface area contributed by atoms with E-state index in [4.69, 9.17) is 4.74 Å². The Morgan fingerprint density at radius 3 is 2.53 bits per heavy atom. The van der Waals surface area contributed by atoms with Gasteiger partial charge in [0.25, 0.3) is 5.56 Å². The highest BCUT2D eigenvalue weighted by Gasteiger charge is 2.19. The Bertz CT molecular complexity index is 1420. The third-order valence-electron chi connectivity index (χ3n) is 5.37. The molecule has 1 heterocycles. The first kappa shape index (κ1) is 21.2. The molecule has 0 aliphatic heterocycles. The Balaban J connectivity index is 2.00. The van der Waals surface area contributed by atoms with Crippen LogP contribution in [-0.2, 0) is 18.3 Å². The molecule has 0 unspecified atom stereocenters. The molecule has 160 valence electrons. The Hall–Kier alpha value is -3.99. The van der Waals surface area contributed by atoms with Crippen LogP contribution in [0, 0.1) is 12.7 Å². The molecule has 5 heteroatoms. The molecule has 0 bridgehead atoms. The summed E-state index contributed by atoms with van der Waals surface area (Å²) in [4.78, 5) is 24.9. The van der Waals surface area contributed by atoms with Crippen molar-refractivity contribution in [3.63, 3.8) is 0 Å². The largest absolute Gasteiger partial charge is 0.454 e. The monoisotopic (exact) mass is 427 g/mol. The van der Waals surface area contributed by atoms with Gasteiger partial charge in [0, 0.05) is 36.2 Å². The number of fused-ring (bicyclic) bond motifs is 1. The molecule has 0 spiro atoms. The number of ether oxygens (including phenoxy) is 1. The molecular weight excluding hydrogens is 405 g/mol. The van der Waals surface area contributed by atoms with E-state index in [1.54, 1.807) is 56.6 Å². The van der Waals surface area contributed by atoms with Crippen molar-refractivity contribution in [2.45, 2.75) is 13.3 Å². The van der Waals surface area contributed by atoms with Crippen molar-refractivity contribution in [1.82, 2.24) is 4.57 Å². The van der Waals surface area contributed by atoms with Gasteiger partial charge in [-0.05, 0) is 53.8 Å². The maximum absolute atomic E-state index is 14.6. The number of carbonyl (C=O) groups excluding carboxylic acids is 1. The molecule has 0 saturated heterocycles. The van der Waals surface area contributed by atoms with Crippen LogP contribution in [0.25, 0.3) is 21.9 Å². The first-order valence-corrected chi connectivity index (χ1v) is 10.2. The average Bonchev–Trinajstić information content (AvgIpc) is 2.78. The van der Waals surface area contributed by atoms with Gasteiger partial charge >= 0.3 is 0 Å². The molecule has 0 amide bonds. The van der Waals surface area contributed by atoms with E-state index in [1.165, 1.54) is 16.7 Å². The molecule has 0 aliphatic carbocycles. The minimum absolute atomic E-state index is 0.0816. The third kappa shape index (κ3) is 3.97. The van der Waals surface area contributed by atoms with Crippen molar-refractivity contribution < 1.29 is 13.9 Å². The zero-order valence-electron chi connectivity index (χ0n) is 17.9. The van der Waals surface area contributed by atoms with Crippen LogP contribution in [0.3, 0.4) is 0 Å². The van der Waals surface area contributed by atoms with Gasteiger partial charge in [-0.3, -0.25) is 9.59 Å². The molecule has 0 fully saturated rings. The zero-order chi connectivity index (χ0) is 22.8. The number of rotatable bonds is 6. The third-order valence-corrected chi connectivity index (χ3v) is 5.37. The first-order valence-electron chi connectivity index (χ1n) is 10.2. The fourth-order valence-electron chi connectivity index (χ4n) is 3.80. The van der Waals surface area contributed by atoms with Crippen molar-refractivity contribution in [2.24, 2.45) is 7.05 Å². The Kier molecular flexibility index (Phi) is 5.73.